The molecule has 0 spiro atoms. The Morgan fingerprint density at radius 1 is 1.43 bits per heavy atom. The molecule has 4 heteroatoms. The fraction of sp³-hybridized carbons (Fsp3) is 0.588. The lowest BCUT2D eigenvalue weighted by molar-refractivity contribution is -0.140. The maximum Gasteiger partial charge on any atom is 0.333 e. The van der Waals surface area contributed by atoms with Gasteiger partial charge in [0.05, 0.1) is 6.61 Å². The molecule has 0 N–H and O–H groups in total. The van der Waals surface area contributed by atoms with Crippen molar-refractivity contribution in [3.63, 3.8) is 0 Å². The number of aldehydes is 2. The lowest BCUT2D eigenvalue weighted by Gasteiger charge is -2.37. The minimum absolute atomic E-state index is 0.112. The summed E-state index contributed by atoms with van der Waals surface area (Å²) in [4.78, 5) is 33.1. The van der Waals surface area contributed by atoms with Crippen LogP contribution >= 0.6 is 0 Å². The number of esters is 1. The number of ether oxygens (including phenoxy) is 1. The third-order valence-corrected chi connectivity index (χ3v) is 4.25. The Kier molecular flexibility index (Phi) is 6.53. The summed E-state index contributed by atoms with van der Waals surface area (Å²) >= 11 is 0. The molecule has 0 fully saturated rings. The number of carbonyl (C=O) groups is 3. The molecule has 21 heavy (non-hydrogen) atoms. The molecular weight excluding hydrogens is 268 g/mol. The van der Waals surface area contributed by atoms with Gasteiger partial charge in [0.15, 0.2) is 0 Å². The van der Waals surface area contributed by atoms with Gasteiger partial charge >= 0.3 is 5.97 Å². The second-order valence-electron chi connectivity index (χ2n) is 5.77. The van der Waals surface area contributed by atoms with E-state index < -0.39 is 0 Å². The van der Waals surface area contributed by atoms with Gasteiger partial charge in [0.25, 0.3) is 0 Å². The summed E-state index contributed by atoms with van der Waals surface area (Å²) in [6.45, 7) is 8.08. The molecule has 0 bridgehead atoms. The fourth-order valence-electron chi connectivity index (χ4n) is 2.75. The summed E-state index contributed by atoms with van der Waals surface area (Å²) in [5.41, 5.74) is 1.31. The quantitative estimate of drug-likeness (QED) is 0.298. The second kappa shape index (κ2) is 7.91. The molecular formula is C17H24O4. The Morgan fingerprint density at radius 3 is 2.67 bits per heavy atom. The molecule has 0 unspecified atom stereocenters. The highest BCUT2D eigenvalue weighted by Gasteiger charge is 2.36. The van der Waals surface area contributed by atoms with E-state index >= 15 is 0 Å². The van der Waals surface area contributed by atoms with E-state index in [0.29, 0.717) is 18.4 Å². The first kappa shape index (κ1) is 17.3. The van der Waals surface area contributed by atoms with Crippen LogP contribution in [-0.4, -0.2) is 25.1 Å². The van der Waals surface area contributed by atoms with Crippen molar-refractivity contribution in [3.8, 4) is 0 Å². The van der Waals surface area contributed by atoms with Crippen molar-refractivity contribution in [2.45, 2.75) is 46.0 Å². The van der Waals surface area contributed by atoms with E-state index in [4.69, 9.17) is 4.74 Å². The molecule has 1 aliphatic carbocycles. The standard InChI is InChI=1S/C17H24O4/c1-13(2)17(7-4-9-18)8-6-14(3)15(12-17)16(20)21-11-5-10-19/h9-10,12,14H,1,4-8,11H2,2-3H3/t14-,17+/m1/s1. The fourth-order valence-corrected chi connectivity index (χ4v) is 2.75. The number of carbonyl (C=O) groups excluding carboxylic acids is 3. The van der Waals surface area contributed by atoms with Gasteiger partial charge in [-0.1, -0.05) is 25.2 Å². The summed E-state index contributed by atoms with van der Waals surface area (Å²) in [6.07, 6.45) is 6.66. The van der Waals surface area contributed by atoms with Crippen molar-refractivity contribution in [2.75, 3.05) is 6.61 Å². The highest BCUT2D eigenvalue weighted by atomic mass is 16.5. The summed E-state index contributed by atoms with van der Waals surface area (Å²) in [5, 5.41) is 0. The molecule has 2 atom stereocenters. The molecule has 0 aromatic carbocycles. The minimum atomic E-state index is -0.360. The molecule has 0 aromatic heterocycles. The smallest absolute Gasteiger partial charge is 0.333 e. The molecule has 4 nitrogen and oxygen atoms in total. The molecule has 0 saturated heterocycles. The Balaban J connectivity index is 2.96. The number of allylic oxidation sites excluding steroid dienone is 2. The minimum Gasteiger partial charge on any atom is -0.462 e. The van der Waals surface area contributed by atoms with Crippen molar-refractivity contribution in [2.24, 2.45) is 11.3 Å². The Morgan fingerprint density at radius 2 is 2.10 bits per heavy atom. The predicted octanol–water partition coefficient (Wildman–Crippen LogP) is 3.02. The molecule has 0 aromatic rings. The van der Waals surface area contributed by atoms with Crippen LogP contribution in [0.4, 0.5) is 0 Å². The molecule has 1 aliphatic rings. The van der Waals surface area contributed by atoms with Crippen LogP contribution in [-0.2, 0) is 19.1 Å². The van der Waals surface area contributed by atoms with Crippen LogP contribution in [0.1, 0.15) is 46.0 Å². The summed E-state index contributed by atoms with van der Waals surface area (Å²) in [5.74, 6) is -0.238. The van der Waals surface area contributed by atoms with Crippen LogP contribution in [0.5, 0.6) is 0 Å². The number of rotatable bonds is 8. The lowest BCUT2D eigenvalue weighted by atomic mass is 9.67. The molecule has 116 valence electrons. The monoisotopic (exact) mass is 292 g/mol. The first-order valence-corrected chi connectivity index (χ1v) is 7.40. The summed E-state index contributed by atoms with van der Waals surface area (Å²) in [7, 11) is 0. The van der Waals surface area contributed by atoms with Crippen molar-refractivity contribution in [3.05, 3.63) is 23.8 Å². The maximum atomic E-state index is 12.2. The van der Waals surface area contributed by atoms with E-state index in [0.717, 1.165) is 31.0 Å². The number of hydrogen-bond acceptors (Lipinski definition) is 4. The van der Waals surface area contributed by atoms with Gasteiger partial charge in [-0.3, -0.25) is 0 Å². The Labute approximate surface area is 126 Å². The zero-order chi connectivity index (χ0) is 15.9. The lowest BCUT2D eigenvalue weighted by Crippen LogP contribution is -2.29. The van der Waals surface area contributed by atoms with E-state index in [1.807, 2.05) is 19.9 Å². The third-order valence-electron chi connectivity index (χ3n) is 4.25. The maximum absolute atomic E-state index is 12.2. The van der Waals surface area contributed by atoms with E-state index in [9.17, 15) is 14.4 Å². The average Bonchev–Trinajstić information content (AvgIpc) is 2.46. The van der Waals surface area contributed by atoms with Gasteiger partial charge in [-0.25, -0.2) is 4.79 Å². The van der Waals surface area contributed by atoms with Gasteiger partial charge in [0.1, 0.15) is 12.6 Å². The van der Waals surface area contributed by atoms with Crippen LogP contribution in [0.15, 0.2) is 23.8 Å². The molecule has 0 saturated carbocycles. The zero-order valence-corrected chi connectivity index (χ0v) is 12.9. The van der Waals surface area contributed by atoms with Crippen LogP contribution in [0.2, 0.25) is 0 Å². The van der Waals surface area contributed by atoms with E-state index in [-0.39, 0.29) is 30.3 Å². The number of hydrogen-bond donors (Lipinski definition) is 0. The van der Waals surface area contributed by atoms with E-state index in [2.05, 4.69) is 6.58 Å². The summed E-state index contributed by atoms with van der Waals surface area (Å²) < 4.78 is 5.13. The largest absolute Gasteiger partial charge is 0.462 e. The van der Waals surface area contributed by atoms with Gasteiger partial charge in [-0.2, -0.15) is 0 Å². The zero-order valence-electron chi connectivity index (χ0n) is 12.9. The molecule has 0 amide bonds. The van der Waals surface area contributed by atoms with Crippen molar-refractivity contribution >= 4 is 18.5 Å². The van der Waals surface area contributed by atoms with Crippen LogP contribution in [0, 0.1) is 11.3 Å². The van der Waals surface area contributed by atoms with E-state index in [1.165, 1.54) is 0 Å². The van der Waals surface area contributed by atoms with Crippen LogP contribution < -0.4 is 0 Å². The van der Waals surface area contributed by atoms with Crippen LogP contribution in [0.3, 0.4) is 0 Å². The highest BCUT2D eigenvalue weighted by Crippen LogP contribution is 2.45. The van der Waals surface area contributed by atoms with Gasteiger partial charge in [0, 0.05) is 23.8 Å². The third kappa shape index (κ3) is 4.38. The van der Waals surface area contributed by atoms with Gasteiger partial charge in [0.2, 0.25) is 0 Å². The van der Waals surface area contributed by atoms with Gasteiger partial charge in [-0.05, 0) is 32.1 Å². The van der Waals surface area contributed by atoms with E-state index in [1.54, 1.807) is 0 Å². The van der Waals surface area contributed by atoms with Gasteiger partial charge in [-0.15, -0.1) is 0 Å². The summed E-state index contributed by atoms with van der Waals surface area (Å²) in [6, 6.07) is 0. The topological polar surface area (TPSA) is 60.4 Å². The Hall–Kier alpha value is -1.71. The first-order valence-electron chi connectivity index (χ1n) is 7.40. The van der Waals surface area contributed by atoms with Crippen molar-refractivity contribution < 1.29 is 19.1 Å². The van der Waals surface area contributed by atoms with Gasteiger partial charge < -0.3 is 14.3 Å². The molecule has 0 radical (unpaired) electrons. The van der Waals surface area contributed by atoms with Crippen LogP contribution in [0.25, 0.3) is 0 Å². The molecule has 0 heterocycles. The van der Waals surface area contributed by atoms with Crippen molar-refractivity contribution in [1.29, 1.82) is 0 Å². The SMILES string of the molecule is C=C(C)[C@]1(CCC=O)C=C(C(=O)OCCC=O)[C@H](C)CC1. The first-order chi connectivity index (χ1) is 9.96. The second-order valence-corrected chi connectivity index (χ2v) is 5.77. The average molecular weight is 292 g/mol. The van der Waals surface area contributed by atoms with Crippen molar-refractivity contribution in [1.82, 2.24) is 0 Å². The normalized spacial score (nSPS) is 24.9. The predicted molar refractivity (Wildman–Crippen MR) is 80.7 cm³/mol. The Bertz CT molecular complexity index is 450. The highest BCUT2D eigenvalue weighted by molar-refractivity contribution is 5.89. The molecule has 0 aliphatic heterocycles. The molecule has 1 rings (SSSR count).